The quantitative estimate of drug-likeness (QED) is 0.856. The highest BCUT2D eigenvalue weighted by Gasteiger charge is 2.06. The van der Waals surface area contributed by atoms with Crippen LogP contribution >= 0.6 is 0 Å². The van der Waals surface area contributed by atoms with Crippen LogP contribution in [0.4, 0.5) is 4.39 Å². The van der Waals surface area contributed by atoms with E-state index in [4.69, 9.17) is 5.73 Å². The van der Waals surface area contributed by atoms with Crippen molar-refractivity contribution in [3.8, 4) is 11.1 Å². The molecule has 0 heterocycles. The molecule has 2 rings (SSSR count). The van der Waals surface area contributed by atoms with E-state index in [0.29, 0.717) is 12.1 Å². The van der Waals surface area contributed by atoms with Crippen LogP contribution < -0.4 is 5.73 Å². The van der Waals surface area contributed by atoms with Crippen molar-refractivity contribution in [2.24, 2.45) is 5.73 Å². The lowest BCUT2D eigenvalue weighted by atomic mass is 10.00. The van der Waals surface area contributed by atoms with E-state index in [-0.39, 0.29) is 5.82 Å². The number of nitrogens with two attached hydrogens (primary N) is 1. The van der Waals surface area contributed by atoms with Gasteiger partial charge in [-0.1, -0.05) is 37.3 Å². The largest absolute Gasteiger partial charge is 0.326 e. The average molecular weight is 229 g/mol. The van der Waals surface area contributed by atoms with Crippen LogP contribution in [0.3, 0.4) is 0 Å². The van der Waals surface area contributed by atoms with Crippen molar-refractivity contribution in [2.45, 2.75) is 19.9 Å². The molecule has 0 radical (unpaired) electrons. The first kappa shape index (κ1) is 11.8. The van der Waals surface area contributed by atoms with Gasteiger partial charge < -0.3 is 5.73 Å². The predicted octanol–water partition coefficient (Wildman–Crippen LogP) is 3.51. The van der Waals surface area contributed by atoms with Gasteiger partial charge in [-0.3, -0.25) is 0 Å². The molecule has 17 heavy (non-hydrogen) atoms. The predicted molar refractivity (Wildman–Crippen MR) is 69.1 cm³/mol. The summed E-state index contributed by atoms with van der Waals surface area (Å²) >= 11 is 0. The summed E-state index contributed by atoms with van der Waals surface area (Å²) in [7, 11) is 0. The molecule has 0 fully saturated rings. The van der Waals surface area contributed by atoms with Gasteiger partial charge in [-0.2, -0.15) is 0 Å². The zero-order valence-corrected chi connectivity index (χ0v) is 9.91. The van der Waals surface area contributed by atoms with Crippen molar-refractivity contribution in [1.82, 2.24) is 0 Å². The fourth-order valence-electron chi connectivity index (χ4n) is 1.88. The van der Waals surface area contributed by atoms with Crippen LogP contribution in [0.2, 0.25) is 0 Å². The van der Waals surface area contributed by atoms with Crippen LogP contribution in [0, 0.1) is 5.82 Å². The molecule has 2 heteroatoms. The summed E-state index contributed by atoms with van der Waals surface area (Å²) in [5.41, 5.74) is 9.28. The maximum Gasteiger partial charge on any atom is 0.131 e. The molecule has 0 aromatic heterocycles. The fourth-order valence-corrected chi connectivity index (χ4v) is 1.88. The Morgan fingerprint density at radius 3 is 2.59 bits per heavy atom. The minimum absolute atomic E-state index is 0.199. The maximum atomic E-state index is 13.8. The third-order valence-corrected chi connectivity index (χ3v) is 2.91. The maximum absolute atomic E-state index is 13.8. The van der Waals surface area contributed by atoms with Crippen LogP contribution in [0.15, 0.2) is 42.5 Å². The van der Waals surface area contributed by atoms with Crippen LogP contribution in [0.1, 0.15) is 18.1 Å². The Bertz CT molecular complexity index is 520. The molecule has 0 aliphatic heterocycles. The standard InChI is InChI=1S/C15H16FN/c1-2-11-4-3-5-13(8-11)14-9-12(10-17)6-7-15(14)16/h3-9H,2,10,17H2,1H3. The number of benzene rings is 2. The zero-order chi connectivity index (χ0) is 12.3. The summed E-state index contributed by atoms with van der Waals surface area (Å²) in [6.45, 7) is 2.52. The summed E-state index contributed by atoms with van der Waals surface area (Å²) in [5.74, 6) is -0.199. The fraction of sp³-hybridized carbons (Fsp3) is 0.200. The van der Waals surface area contributed by atoms with Gasteiger partial charge in [-0.25, -0.2) is 4.39 Å². The van der Waals surface area contributed by atoms with Gasteiger partial charge in [-0.05, 0) is 35.2 Å². The normalized spacial score (nSPS) is 10.5. The molecule has 0 aliphatic rings. The molecule has 0 amide bonds. The van der Waals surface area contributed by atoms with E-state index >= 15 is 0 Å². The van der Waals surface area contributed by atoms with E-state index in [1.165, 1.54) is 11.6 Å². The second-order valence-electron chi connectivity index (χ2n) is 4.07. The van der Waals surface area contributed by atoms with E-state index in [2.05, 4.69) is 6.92 Å². The van der Waals surface area contributed by atoms with Crippen molar-refractivity contribution in [1.29, 1.82) is 0 Å². The molecule has 88 valence electrons. The van der Waals surface area contributed by atoms with E-state index in [1.807, 2.05) is 30.3 Å². The first-order valence-electron chi connectivity index (χ1n) is 5.82. The second-order valence-corrected chi connectivity index (χ2v) is 4.07. The lowest BCUT2D eigenvalue weighted by Crippen LogP contribution is -1.97. The Balaban J connectivity index is 2.50. The molecule has 0 unspecified atom stereocenters. The number of rotatable bonds is 3. The van der Waals surface area contributed by atoms with Crippen molar-refractivity contribution in [3.63, 3.8) is 0 Å². The molecule has 0 aliphatic carbocycles. The first-order chi connectivity index (χ1) is 8.24. The van der Waals surface area contributed by atoms with Crippen LogP contribution in [0.25, 0.3) is 11.1 Å². The van der Waals surface area contributed by atoms with Gasteiger partial charge in [0, 0.05) is 12.1 Å². The van der Waals surface area contributed by atoms with Crippen molar-refractivity contribution in [3.05, 3.63) is 59.4 Å². The van der Waals surface area contributed by atoms with Gasteiger partial charge >= 0.3 is 0 Å². The van der Waals surface area contributed by atoms with Gasteiger partial charge in [0.25, 0.3) is 0 Å². The number of hydrogen-bond acceptors (Lipinski definition) is 1. The van der Waals surface area contributed by atoms with Crippen LogP contribution in [-0.4, -0.2) is 0 Å². The molecular weight excluding hydrogens is 213 g/mol. The minimum Gasteiger partial charge on any atom is -0.326 e. The Hall–Kier alpha value is -1.67. The van der Waals surface area contributed by atoms with E-state index in [1.54, 1.807) is 6.07 Å². The molecule has 1 nitrogen and oxygen atoms in total. The van der Waals surface area contributed by atoms with Gasteiger partial charge in [0.15, 0.2) is 0 Å². The number of aryl methyl sites for hydroxylation is 1. The molecule has 2 aromatic carbocycles. The van der Waals surface area contributed by atoms with E-state index < -0.39 is 0 Å². The highest BCUT2D eigenvalue weighted by atomic mass is 19.1. The Morgan fingerprint density at radius 2 is 1.88 bits per heavy atom. The van der Waals surface area contributed by atoms with Gasteiger partial charge in [-0.15, -0.1) is 0 Å². The SMILES string of the molecule is CCc1cccc(-c2cc(CN)ccc2F)c1. The van der Waals surface area contributed by atoms with Crippen molar-refractivity contribution >= 4 is 0 Å². The van der Waals surface area contributed by atoms with Crippen molar-refractivity contribution < 1.29 is 4.39 Å². The lowest BCUT2D eigenvalue weighted by Gasteiger charge is -2.07. The second kappa shape index (κ2) is 5.11. The number of hydrogen-bond donors (Lipinski definition) is 1. The Labute approximate surface area is 101 Å². The highest BCUT2D eigenvalue weighted by molar-refractivity contribution is 5.65. The summed E-state index contributed by atoms with van der Waals surface area (Å²) < 4.78 is 13.8. The van der Waals surface area contributed by atoms with Crippen LogP contribution in [0.5, 0.6) is 0 Å². The van der Waals surface area contributed by atoms with Crippen LogP contribution in [-0.2, 0) is 13.0 Å². The highest BCUT2D eigenvalue weighted by Crippen LogP contribution is 2.25. The molecule has 0 spiro atoms. The average Bonchev–Trinajstić information content (AvgIpc) is 2.39. The monoisotopic (exact) mass is 229 g/mol. The smallest absolute Gasteiger partial charge is 0.131 e. The third kappa shape index (κ3) is 2.53. The van der Waals surface area contributed by atoms with Gasteiger partial charge in [0.2, 0.25) is 0 Å². The van der Waals surface area contributed by atoms with E-state index in [0.717, 1.165) is 17.5 Å². The lowest BCUT2D eigenvalue weighted by molar-refractivity contribution is 0.630. The summed E-state index contributed by atoms with van der Waals surface area (Å²) in [6.07, 6.45) is 0.950. The molecule has 2 N–H and O–H groups in total. The third-order valence-electron chi connectivity index (χ3n) is 2.91. The molecule has 0 saturated heterocycles. The summed E-state index contributed by atoms with van der Waals surface area (Å²) in [6, 6.07) is 13.0. The molecule has 0 bridgehead atoms. The van der Waals surface area contributed by atoms with Gasteiger partial charge in [0.05, 0.1) is 0 Å². The number of halogens is 1. The molecule has 2 aromatic rings. The first-order valence-corrected chi connectivity index (χ1v) is 5.82. The Kier molecular flexibility index (Phi) is 3.55. The minimum atomic E-state index is -0.199. The topological polar surface area (TPSA) is 26.0 Å². The summed E-state index contributed by atoms with van der Waals surface area (Å²) in [5, 5.41) is 0. The molecular formula is C15H16FN. The summed E-state index contributed by atoms with van der Waals surface area (Å²) in [4.78, 5) is 0. The zero-order valence-electron chi connectivity index (χ0n) is 9.91. The van der Waals surface area contributed by atoms with Gasteiger partial charge in [0.1, 0.15) is 5.82 Å². The van der Waals surface area contributed by atoms with Crippen molar-refractivity contribution in [2.75, 3.05) is 0 Å². The Morgan fingerprint density at radius 1 is 1.06 bits per heavy atom. The van der Waals surface area contributed by atoms with E-state index in [9.17, 15) is 4.39 Å². The molecule has 0 atom stereocenters. The molecule has 0 saturated carbocycles.